The first kappa shape index (κ1) is 16.9. The van der Waals surface area contributed by atoms with Crippen molar-refractivity contribution in [2.45, 2.75) is 44.0 Å². The molecule has 0 heterocycles. The maximum Gasteiger partial charge on any atom is 0.241 e. The summed E-state index contributed by atoms with van der Waals surface area (Å²) in [5.74, 6) is 1.23. The molecule has 0 radical (unpaired) electrons. The Balaban J connectivity index is 2.01. The molecule has 0 amide bonds. The Hall–Kier alpha value is -0.430. The zero-order valence-electron chi connectivity index (χ0n) is 12.3. The number of hydrogen-bond acceptors (Lipinski definition) is 3. The number of hydrogen-bond donors (Lipinski definition) is 2. The molecule has 4 nitrogen and oxygen atoms in total. The number of rotatable bonds is 5. The Morgan fingerprint density at radius 2 is 1.95 bits per heavy atom. The lowest BCUT2D eigenvalue weighted by Crippen LogP contribution is -2.31. The topological polar surface area (TPSA) is 72.2 Å². The van der Waals surface area contributed by atoms with Crippen LogP contribution < -0.4 is 10.5 Å². The highest BCUT2D eigenvalue weighted by Gasteiger charge is 2.22. The van der Waals surface area contributed by atoms with Crippen LogP contribution in [0.4, 0.5) is 0 Å². The van der Waals surface area contributed by atoms with E-state index in [1.165, 1.54) is 12.8 Å². The van der Waals surface area contributed by atoms with E-state index >= 15 is 0 Å². The Kier molecular flexibility index (Phi) is 5.82. The van der Waals surface area contributed by atoms with Gasteiger partial charge in [0, 0.05) is 17.6 Å². The summed E-state index contributed by atoms with van der Waals surface area (Å²) in [5.41, 5.74) is 6.46. The van der Waals surface area contributed by atoms with E-state index in [0.717, 1.165) is 24.3 Å². The summed E-state index contributed by atoms with van der Waals surface area (Å²) in [5, 5.41) is 0. The minimum atomic E-state index is -3.47. The molecule has 1 fully saturated rings. The molecule has 1 saturated carbocycles. The molecule has 2 rings (SSSR count). The fraction of sp³-hybridized carbons (Fsp3) is 0.600. The van der Waals surface area contributed by atoms with E-state index in [1.807, 2.05) is 0 Å². The first-order valence-electron chi connectivity index (χ1n) is 7.40. The van der Waals surface area contributed by atoms with Gasteiger partial charge in [-0.05, 0) is 58.3 Å². The highest BCUT2D eigenvalue weighted by Crippen LogP contribution is 2.28. The van der Waals surface area contributed by atoms with Crippen LogP contribution in [0.1, 0.15) is 38.2 Å². The molecule has 0 aromatic heterocycles. The van der Waals surface area contributed by atoms with Crippen molar-refractivity contribution in [1.82, 2.24) is 4.72 Å². The molecule has 1 aliphatic rings. The molecule has 6 heteroatoms. The Morgan fingerprint density at radius 1 is 1.29 bits per heavy atom. The number of halogens is 1. The average molecular weight is 375 g/mol. The molecule has 0 aliphatic heterocycles. The third-order valence-corrected chi connectivity index (χ3v) is 6.62. The Bertz CT molecular complexity index is 581. The minimum absolute atomic E-state index is 0.281. The summed E-state index contributed by atoms with van der Waals surface area (Å²) in [4.78, 5) is 0.281. The van der Waals surface area contributed by atoms with Gasteiger partial charge in [0.2, 0.25) is 10.0 Å². The number of sulfonamides is 1. The van der Waals surface area contributed by atoms with Gasteiger partial charge in [-0.15, -0.1) is 0 Å². The number of nitrogens with two attached hydrogens (primary N) is 1. The second kappa shape index (κ2) is 7.22. The van der Waals surface area contributed by atoms with Gasteiger partial charge in [-0.25, -0.2) is 13.1 Å². The Labute approximate surface area is 135 Å². The molecule has 1 aromatic rings. The highest BCUT2D eigenvalue weighted by atomic mass is 79.9. The van der Waals surface area contributed by atoms with Gasteiger partial charge in [0.15, 0.2) is 0 Å². The van der Waals surface area contributed by atoms with Gasteiger partial charge in [0.25, 0.3) is 0 Å². The van der Waals surface area contributed by atoms with Crippen LogP contribution in [-0.2, 0) is 16.6 Å². The molecule has 0 bridgehead atoms. The van der Waals surface area contributed by atoms with Gasteiger partial charge >= 0.3 is 0 Å². The highest BCUT2D eigenvalue weighted by molar-refractivity contribution is 9.10. The molecular formula is C15H23BrN2O2S. The van der Waals surface area contributed by atoms with Crippen molar-refractivity contribution in [3.63, 3.8) is 0 Å². The Morgan fingerprint density at radius 3 is 2.52 bits per heavy atom. The molecule has 1 aliphatic carbocycles. The second-order valence-corrected chi connectivity index (χ2v) is 8.54. The largest absolute Gasteiger partial charge is 0.326 e. The predicted molar refractivity (Wildman–Crippen MR) is 88.3 cm³/mol. The van der Waals surface area contributed by atoms with Crippen molar-refractivity contribution < 1.29 is 8.42 Å². The molecule has 0 spiro atoms. The third-order valence-electron chi connectivity index (χ3n) is 4.22. The van der Waals surface area contributed by atoms with Crippen LogP contribution in [0.2, 0.25) is 0 Å². The van der Waals surface area contributed by atoms with Crippen LogP contribution in [0.25, 0.3) is 0 Å². The maximum atomic E-state index is 12.4. The molecule has 3 N–H and O–H groups in total. The van der Waals surface area contributed by atoms with Crippen molar-refractivity contribution in [3.05, 3.63) is 28.2 Å². The van der Waals surface area contributed by atoms with Crippen LogP contribution in [0.5, 0.6) is 0 Å². The fourth-order valence-electron chi connectivity index (χ4n) is 2.73. The maximum absolute atomic E-state index is 12.4. The summed E-state index contributed by atoms with van der Waals surface area (Å²) in [6.45, 7) is 3.18. The monoisotopic (exact) mass is 374 g/mol. The van der Waals surface area contributed by atoms with Crippen LogP contribution in [-0.4, -0.2) is 15.0 Å². The third kappa shape index (κ3) is 4.52. The standard InChI is InChI=1S/C15H23BrN2O2S/c1-11-2-4-12(5-3-11)10-18-21(19,20)15-7-6-13(9-17)8-14(15)16/h6-8,11-12,18H,2-5,9-10,17H2,1H3. The zero-order valence-corrected chi connectivity index (χ0v) is 14.7. The van der Waals surface area contributed by atoms with E-state index in [-0.39, 0.29) is 4.90 Å². The van der Waals surface area contributed by atoms with Crippen molar-refractivity contribution >= 4 is 26.0 Å². The lowest BCUT2D eigenvalue weighted by Gasteiger charge is -2.26. The number of benzene rings is 1. The van der Waals surface area contributed by atoms with Crippen LogP contribution >= 0.6 is 15.9 Å². The van der Waals surface area contributed by atoms with Crippen molar-refractivity contribution in [2.75, 3.05) is 6.54 Å². The first-order valence-corrected chi connectivity index (χ1v) is 9.68. The van der Waals surface area contributed by atoms with E-state index in [0.29, 0.717) is 23.5 Å². The van der Waals surface area contributed by atoms with E-state index in [9.17, 15) is 8.42 Å². The van der Waals surface area contributed by atoms with Gasteiger partial charge in [0.05, 0.1) is 4.90 Å². The van der Waals surface area contributed by atoms with E-state index in [2.05, 4.69) is 27.6 Å². The molecule has 118 valence electrons. The van der Waals surface area contributed by atoms with Gasteiger partial charge in [-0.1, -0.05) is 25.8 Å². The van der Waals surface area contributed by atoms with Gasteiger partial charge in [0.1, 0.15) is 0 Å². The number of nitrogens with one attached hydrogen (secondary N) is 1. The van der Waals surface area contributed by atoms with Gasteiger partial charge < -0.3 is 5.73 Å². The molecule has 0 unspecified atom stereocenters. The SMILES string of the molecule is CC1CCC(CNS(=O)(=O)c2ccc(CN)cc2Br)CC1. The molecule has 21 heavy (non-hydrogen) atoms. The molecular weight excluding hydrogens is 352 g/mol. The first-order chi connectivity index (χ1) is 9.92. The predicted octanol–water partition coefficient (Wildman–Crippen LogP) is 3.01. The van der Waals surface area contributed by atoms with Crippen LogP contribution in [0, 0.1) is 11.8 Å². The van der Waals surface area contributed by atoms with Crippen molar-refractivity contribution in [1.29, 1.82) is 0 Å². The van der Waals surface area contributed by atoms with Gasteiger partial charge in [-0.3, -0.25) is 0 Å². The van der Waals surface area contributed by atoms with Crippen LogP contribution in [0.3, 0.4) is 0 Å². The summed E-state index contributed by atoms with van der Waals surface area (Å²) < 4.78 is 28.1. The van der Waals surface area contributed by atoms with E-state index in [1.54, 1.807) is 18.2 Å². The molecule has 0 saturated heterocycles. The second-order valence-electron chi connectivity index (χ2n) is 5.95. The summed E-state index contributed by atoms with van der Waals surface area (Å²) in [6.07, 6.45) is 4.61. The smallest absolute Gasteiger partial charge is 0.241 e. The molecule has 1 aromatic carbocycles. The van der Waals surface area contributed by atoms with Crippen LogP contribution in [0.15, 0.2) is 27.6 Å². The lowest BCUT2D eigenvalue weighted by atomic mass is 9.83. The fourth-order valence-corrected chi connectivity index (χ4v) is 4.97. The van der Waals surface area contributed by atoms with Crippen molar-refractivity contribution in [3.8, 4) is 0 Å². The quantitative estimate of drug-likeness (QED) is 0.831. The van der Waals surface area contributed by atoms with Crippen molar-refractivity contribution in [2.24, 2.45) is 17.6 Å². The van der Waals surface area contributed by atoms with E-state index < -0.39 is 10.0 Å². The van der Waals surface area contributed by atoms with Gasteiger partial charge in [-0.2, -0.15) is 0 Å². The summed E-state index contributed by atoms with van der Waals surface area (Å²) >= 11 is 3.32. The molecule has 0 atom stereocenters. The normalized spacial score (nSPS) is 23.2. The zero-order chi connectivity index (χ0) is 15.5. The minimum Gasteiger partial charge on any atom is -0.326 e. The summed E-state index contributed by atoms with van der Waals surface area (Å²) in [7, 11) is -3.47. The van der Waals surface area contributed by atoms with E-state index in [4.69, 9.17) is 5.73 Å². The summed E-state index contributed by atoms with van der Waals surface area (Å²) in [6, 6.07) is 5.12. The lowest BCUT2D eigenvalue weighted by molar-refractivity contribution is 0.290. The average Bonchev–Trinajstić information content (AvgIpc) is 2.46.